The summed E-state index contributed by atoms with van der Waals surface area (Å²) in [6.07, 6.45) is 1.74. The molecular formula is C15H26N4O3. The van der Waals surface area contributed by atoms with Crippen molar-refractivity contribution in [1.82, 2.24) is 9.80 Å². The third kappa shape index (κ3) is 2.64. The predicted molar refractivity (Wildman–Crippen MR) is 82.6 cm³/mol. The highest BCUT2D eigenvalue weighted by atomic mass is 16.6. The fourth-order valence-electron chi connectivity index (χ4n) is 3.33. The molecule has 0 radical (unpaired) electrons. The molecule has 2 rings (SSSR count). The summed E-state index contributed by atoms with van der Waals surface area (Å²) >= 11 is 0. The predicted octanol–water partition coefficient (Wildman–Crippen LogP) is 1.31. The van der Waals surface area contributed by atoms with Gasteiger partial charge in [-0.05, 0) is 40.0 Å². The quantitative estimate of drug-likeness (QED) is 0.821. The molecule has 2 aliphatic heterocycles. The van der Waals surface area contributed by atoms with E-state index in [0.29, 0.717) is 25.3 Å². The first kappa shape index (κ1) is 16.6. The number of hydrogen-bond acceptors (Lipinski definition) is 4. The Labute approximate surface area is 131 Å². The normalized spacial score (nSPS) is 26.1. The molecular weight excluding hydrogens is 284 g/mol. The van der Waals surface area contributed by atoms with E-state index in [1.165, 1.54) is 0 Å². The lowest BCUT2D eigenvalue weighted by Crippen LogP contribution is -2.75. The Morgan fingerprint density at radius 2 is 2.09 bits per heavy atom. The Balaban J connectivity index is 2.13. The first-order chi connectivity index (χ1) is 10.1. The largest absolute Gasteiger partial charge is 0.444 e. The molecule has 0 aliphatic carbocycles. The van der Waals surface area contributed by atoms with Crippen LogP contribution >= 0.6 is 0 Å². The van der Waals surface area contributed by atoms with Crippen molar-refractivity contribution in [3.8, 4) is 0 Å². The Bertz CT molecular complexity index is 500. The Morgan fingerprint density at radius 1 is 1.45 bits per heavy atom. The van der Waals surface area contributed by atoms with Crippen molar-refractivity contribution in [2.24, 2.45) is 5.73 Å². The fourth-order valence-corrected chi connectivity index (χ4v) is 3.33. The Morgan fingerprint density at radius 3 is 2.55 bits per heavy atom. The van der Waals surface area contributed by atoms with Crippen LogP contribution in [0.3, 0.4) is 0 Å². The average molecular weight is 310 g/mol. The van der Waals surface area contributed by atoms with Crippen LogP contribution in [0.25, 0.3) is 0 Å². The van der Waals surface area contributed by atoms with Gasteiger partial charge in [0.1, 0.15) is 23.0 Å². The minimum atomic E-state index is -0.620. The van der Waals surface area contributed by atoms with Crippen LogP contribution in [-0.4, -0.2) is 57.9 Å². The maximum absolute atomic E-state index is 12.4. The summed E-state index contributed by atoms with van der Waals surface area (Å²) in [6.45, 7) is 8.41. The molecule has 0 saturated carbocycles. The van der Waals surface area contributed by atoms with Gasteiger partial charge in [0, 0.05) is 6.54 Å². The van der Waals surface area contributed by atoms with Crippen molar-refractivity contribution in [2.75, 3.05) is 13.1 Å². The van der Waals surface area contributed by atoms with E-state index in [1.807, 2.05) is 27.7 Å². The first-order valence-corrected chi connectivity index (χ1v) is 7.78. The molecule has 3 N–H and O–H groups in total. The molecule has 22 heavy (non-hydrogen) atoms. The van der Waals surface area contributed by atoms with E-state index in [0.717, 1.165) is 12.8 Å². The van der Waals surface area contributed by atoms with Gasteiger partial charge in [-0.2, -0.15) is 0 Å². The SMILES string of the molecule is CC[C@@H](C(N)=O)N1CC2(CCCN2C(=O)OC(C)(C)C)C1=N. The summed E-state index contributed by atoms with van der Waals surface area (Å²) in [5, 5.41) is 8.38. The molecule has 1 unspecified atom stereocenters. The van der Waals surface area contributed by atoms with Crippen molar-refractivity contribution >= 4 is 17.8 Å². The van der Waals surface area contributed by atoms with Crippen LogP contribution in [0.5, 0.6) is 0 Å². The maximum Gasteiger partial charge on any atom is 0.411 e. The van der Waals surface area contributed by atoms with Gasteiger partial charge in [-0.1, -0.05) is 6.92 Å². The maximum atomic E-state index is 12.4. The molecule has 7 heteroatoms. The molecule has 2 saturated heterocycles. The van der Waals surface area contributed by atoms with E-state index >= 15 is 0 Å². The molecule has 0 aromatic heterocycles. The van der Waals surface area contributed by atoms with Crippen LogP contribution in [0, 0.1) is 5.41 Å². The van der Waals surface area contributed by atoms with Crippen LogP contribution in [0.2, 0.25) is 0 Å². The molecule has 2 heterocycles. The standard InChI is InChI=1S/C15H26N4O3/c1-5-10(11(16)20)18-9-15(12(18)17)7-6-8-19(15)13(21)22-14(2,3)4/h10,17H,5-9H2,1-4H3,(H2,16,20)/t10-,15?/m0/s1. The Hall–Kier alpha value is -1.79. The van der Waals surface area contributed by atoms with E-state index in [2.05, 4.69) is 0 Å². The lowest BCUT2D eigenvalue weighted by Gasteiger charge is -2.55. The second-order valence-corrected chi connectivity index (χ2v) is 7.07. The second-order valence-electron chi connectivity index (χ2n) is 7.07. The molecule has 2 fully saturated rings. The number of amides is 2. The zero-order valence-corrected chi connectivity index (χ0v) is 13.8. The zero-order chi connectivity index (χ0) is 16.7. The molecule has 0 aromatic carbocycles. The molecule has 2 amide bonds. The third-order valence-electron chi connectivity index (χ3n) is 4.35. The number of nitrogens with two attached hydrogens (primary N) is 1. The summed E-state index contributed by atoms with van der Waals surface area (Å²) in [7, 11) is 0. The van der Waals surface area contributed by atoms with E-state index in [1.54, 1.807) is 9.80 Å². The second kappa shape index (κ2) is 5.44. The van der Waals surface area contributed by atoms with Crippen LogP contribution in [0.4, 0.5) is 4.79 Å². The minimum Gasteiger partial charge on any atom is -0.444 e. The Kier molecular flexibility index (Phi) is 4.10. The average Bonchev–Trinajstić information content (AvgIpc) is 2.83. The van der Waals surface area contributed by atoms with Gasteiger partial charge in [-0.15, -0.1) is 0 Å². The number of likely N-dealkylation sites (tertiary alicyclic amines) is 2. The van der Waals surface area contributed by atoms with Crippen LogP contribution < -0.4 is 5.73 Å². The number of primary amides is 1. The highest BCUT2D eigenvalue weighted by molar-refractivity contribution is 6.01. The number of amidine groups is 1. The van der Waals surface area contributed by atoms with Crippen molar-refractivity contribution < 1.29 is 14.3 Å². The van der Waals surface area contributed by atoms with Gasteiger partial charge < -0.3 is 15.4 Å². The third-order valence-corrected chi connectivity index (χ3v) is 4.35. The van der Waals surface area contributed by atoms with Crippen molar-refractivity contribution in [1.29, 1.82) is 5.41 Å². The van der Waals surface area contributed by atoms with Crippen LogP contribution in [0.1, 0.15) is 47.0 Å². The smallest absolute Gasteiger partial charge is 0.411 e. The highest BCUT2D eigenvalue weighted by Gasteiger charge is 2.59. The first-order valence-electron chi connectivity index (χ1n) is 7.78. The minimum absolute atomic E-state index is 0.307. The van der Waals surface area contributed by atoms with Gasteiger partial charge in [0.15, 0.2) is 0 Å². The molecule has 2 aliphatic rings. The number of carbonyl (C=O) groups is 2. The monoisotopic (exact) mass is 310 g/mol. The number of hydrogen-bond donors (Lipinski definition) is 2. The summed E-state index contributed by atoms with van der Waals surface area (Å²) in [5.41, 5.74) is 4.22. The summed E-state index contributed by atoms with van der Waals surface area (Å²) in [5.74, 6) is -0.120. The van der Waals surface area contributed by atoms with E-state index in [4.69, 9.17) is 15.9 Å². The van der Waals surface area contributed by atoms with Crippen LogP contribution in [-0.2, 0) is 9.53 Å². The van der Waals surface area contributed by atoms with Crippen LogP contribution in [0.15, 0.2) is 0 Å². The van der Waals surface area contributed by atoms with Gasteiger partial charge in [-0.25, -0.2) is 4.79 Å². The van der Waals surface area contributed by atoms with E-state index < -0.39 is 23.1 Å². The lowest BCUT2D eigenvalue weighted by atomic mass is 9.83. The van der Waals surface area contributed by atoms with E-state index in [9.17, 15) is 9.59 Å². The van der Waals surface area contributed by atoms with Gasteiger partial charge >= 0.3 is 6.09 Å². The van der Waals surface area contributed by atoms with Crippen molar-refractivity contribution in [3.63, 3.8) is 0 Å². The number of rotatable bonds is 3. The topological polar surface area (TPSA) is 99.7 Å². The van der Waals surface area contributed by atoms with Crippen molar-refractivity contribution in [2.45, 2.75) is 64.1 Å². The van der Waals surface area contributed by atoms with E-state index in [-0.39, 0.29) is 6.09 Å². The number of nitrogens with zero attached hydrogens (tertiary/aromatic N) is 2. The van der Waals surface area contributed by atoms with Gasteiger partial charge in [0.2, 0.25) is 5.91 Å². The summed E-state index contributed by atoms with van der Waals surface area (Å²) in [4.78, 5) is 27.2. The fraction of sp³-hybridized carbons (Fsp3) is 0.800. The molecule has 1 spiro atoms. The number of ether oxygens (including phenoxy) is 1. The number of carbonyl (C=O) groups excluding carboxylic acids is 2. The van der Waals surface area contributed by atoms with Gasteiger partial charge in [0.25, 0.3) is 0 Å². The molecule has 0 aromatic rings. The molecule has 2 atom stereocenters. The summed E-state index contributed by atoms with van der Waals surface area (Å²) in [6, 6.07) is -0.473. The highest BCUT2D eigenvalue weighted by Crippen LogP contribution is 2.41. The lowest BCUT2D eigenvalue weighted by molar-refractivity contribution is -0.123. The number of nitrogens with one attached hydrogen (secondary N) is 1. The zero-order valence-electron chi connectivity index (χ0n) is 13.8. The van der Waals surface area contributed by atoms with Crippen molar-refractivity contribution in [3.05, 3.63) is 0 Å². The van der Waals surface area contributed by atoms with Gasteiger partial charge in [-0.3, -0.25) is 15.1 Å². The van der Waals surface area contributed by atoms with Gasteiger partial charge in [0.05, 0.1) is 6.54 Å². The molecule has 124 valence electrons. The summed E-state index contributed by atoms with van der Waals surface area (Å²) < 4.78 is 5.45. The molecule has 0 bridgehead atoms. The molecule has 7 nitrogen and oxygen atoms in total.